The van der Waals surface area contributed by atoms with Gasteiger partial charge in [-0.25, -0.2) is 9.18 Å². The van der Waals surface area contributed by atoms with E-state index in [1.807, 2.05) is 24.3 Å². The summed E-state index contributed by atoms with van der Waals surface area (Å²) in [5, 5.41) is 6.25. The second-order valence-electron chi connectivity index (χ2n) is 6.89. The van der Waals surface area contributed by atoms with Crippen molar-refractivity contribution >= 4 is 34.7 Å². The molecule has 2 aliphatic heterocycles. The first kappa shape index (κ1) is 19.0. The highest BCUT2D eigenvalue weighted by Gasteiger charge is 2.32. The summed E-state index contributed by atoms with van der Waals surface area (Å²) in [4.78, 5) is 17.3. The zero-order valence-corrected chi connectivity index (χ0v) is 16.1. The first-order valence-electron chi connectivity index (χ1n) is 9.30. The number of benzene rings is 2. The molecule has 1 atom stereocenters. The van der Waals surface area contributed by atoms with Gasteiger partial charge in [0.05, 0.1) is 35.7 Å². The van der Waals surface area contributed by atoms with Gasteiger partial charge in [-0.2, -0.15) is 0 Å². The van der Waals surface area contributed by atoms with Gasteiger partial charge < -0.3 is 15.4 Å². The monoisotopic (exact) mass is 404 g/mol. The molecule has 2 amide bonds. The molecule has 148 valence electrons. The van der Waals surface area contributed by atoms with E-state index in [1.165, 1.54) is 18.2 Å². The summed E-state index contributed by atoms with van der Waals surface area (Å²) >= 11 is 5.85. The first-order valence-corrected chi connectivity index (χ1v) is 9.68. The standard InChI is InChI=1S/C20H22ClFN4O2/c21-16-11-14(5-6-17(16)22)24-20(27)26-15(13-25-7-9-28-10-8-25)12-23-18-3-1-2-4-19(18)26/h1-6,11,15,23H,7-10,12-13H2,(H,24,27). The minimum atomic E-state index is -0.516. The number of amides is 2. The summed E-state index contributed by atoms with van der Waals surface area (Å²) in [6.45, 7) is 4.49. The van der Waals surface area contributed by atoms with Crippen LogP contribution in [0.15, 0.2) is 42.5 Å². The molecule has 4 rings (SSSR count). The summed E-state index contributed by atoms with van der Waals surface area (Å²) in [5.74, 6) is -0.516. The molecular weight excluding hydrogens is 383 g/mol. The molecule has 0 bridgehead atoms. The maximum Gasteiger partial charge on any atom is 0.326 e. The molecule has 2 N–H and O–H groups in total. The molecule has 2 heterocycles. The van der Waals surface area contributed by atoms with E-state index in [1.54, 1.807) is 4.90 Å². The number of nitrogens with one attached hydrogen (secondary N) is 2. The Labute approximate surface area is 168 Å². The number of ether oxygens (including phenoxy) is 1. The molecule has 6 nitrogen and oxygen atoms in total. The van der Waals surface area contributed by atoms with Gasteiger partial charge in [0.2, 0.25) is 0 Å². The maximum absolute atomic E-state index is 13.4. The number of fused-ring (bicyclic) bond motifs is 1. The molecule has 0 aromatic heterocycles. The topological polar surface area (TPSA) is 56.8 Å². The van der Waals surface area contributed by atoms with Crippen molar-refractivity contribution in [3.8, 4) is 0 Å². The molecule has 2 aromatic rings. The fourth-order valence-corrected chi connectivity index (χ4v) is 3.79. The van der Waals surface area contributed by atoms with Gasteiger partial charge in [-0.15, -0.1) is 0 Å². The number of urea groups is 1. The average molecular weight is 405 g/mol. The van der Waals surface area contributed by atoms with Gasteiger partial charge >= 0.3 is 6.03 Å². The molecule has 0 saturated carbocycles. The van der Waals surface area contributed by atoms with Crippen LogP contribution < -0.4 is 15.5 Å². The fourth-order valence-electron chi connectivity index (χ4n) is 3.61. The summed E-state index contributed by atoms with van der Waals surface area (Å²) in [6.07, 6.45) is 0. The Morgan fingerprint density at radius 3 is 2.82 bits per heavy atom. The molecule has 0 aliphatic carbocycles. The first-order chi connectivity index (χ1) is 13.6. The van der Waals surface area contributed by atoms with Crippen molar-refractivity contribution in [2.75, 3.05) is 54.9 Å². The Hall–Kier alpha value is -2.35. The third-order valence-electron chi connectivity index (χ3n) is 5.02. The fraction of sp³-hybridized carbons (Fsp3) is 0.350. The van der Waals surface area contributed by atoms with Gasteiger partial charge in [0.1, 0.15) is 5.82 Å². The van der Waals surface area contributed by atoms with Crippen LogP contribution in [0.2, 0.25) is 5.02 Å². The second-order valence-corrected chi connectivity index (χ2v) is 7.30. The van der Waals surface area contributed by atoms with E-state index in [4.69, 9.17) is 16.3 Å². The lowest BCUT2D eigenvalue weighted by Gasteiger charge is -2.40. The number of nitrogens with zero attached hydrogens (tertiary/aromatic N) is 2. The number of morpholine rings is 1. The van der Waals surface area contributed by atoms with Crippen LogP contribution in [0.4, 0.5) is 26.2 Å². The van der Waals surface area contributed by atoms with Crippen molar-refractivity contribution in [3.63, 3.8) is 0 Å². The van der Waals surface area contributed by atoms with Crippen molar-refractivity contribution in [2.24, 2.45) is 0 Å². The Kier molecular flexibility index (Phi) is 5.66. The summed E-state index contributed by atoms with van der Waals surface area (Å²) in [5.41, 5.74) is 2.18. The number of anilines is 3. The zero-order valence-electron chi connectivity index (χ0n) is 15.3. The van der Waals surface area contributed by atoms with Gasteiger partial charge in [-0.3, -0.25) is 9.80 Å². The van der Waals surface area contributed by atoms with Crippen LogP contribution in [0, 0.1) is 5.82 Å². The third-order valence-corrected chi connectivity index (χ3v) is 5.31. The van der Waals surface area contributed by atoms with Crippen molar-refractivity contribution in [2.45, 2.75) is 6.04 Å². The number of para-hydroxylation sites is 2. The number of hydrogen-bond acceptors (Lipinski definition) is 4. The van der Waals surface area contributed by atoms with Crippen LogP contribution in [-0.4, -0.2) is 56.4 Å². The van der Waals surface area contributed by atoms with Crippen LogP contribution >= 0.6 is 11.6 Å². The number of carbonyl (C=O) groups is 1. The second kappa shape index (κ2) is 8.34. The summed E-state index contributed by atoms with van der Waals surface area (Å²) in [7, 11) is 0. The minimum Gasteiger partial charge on any atom is -0.381 e. The molecule has 28 heavy (non-hydrogen) atoms. The lowest BCUT2D eigenvalue weighted by molar-refractivity contribution is 0.0357. The van der Waals surface area contributed by atoms with Crippen LogP contribution in [0.25, 0.3) is 0 Å². The largest absolute Gasteiger partial charge is 0.381 e. The molecule has 8 heteroatoms. The molecular formula is C20H22ClFN4O2. The van der Waals surface area contributed by atoms with Crippen LogP contribution in [0.3, 0.4) is 0 Å². The zero-order chi connectivity index (χ0) is 19.5. The minimum absolute atomic E-state index is 0.0247. The molecule has 2 aromatic carbocycles. The van der Waals surface area contributed by atoms with E-state index in [2.05, 4.69) is 15.5 Å². The quantitative estimate of drug-likeness (QED) is 0.820. The molecule has 0 spiro atoms. The highest BCUT2D eigenvalue weighted by atomic mass is 35.5. The van der Waals surface area contributed by atoms with Crippen LogP contribution in [0.5, 0.6) is 0 Å². The molecule has 2 aliphatic rings. The smallest absolute Gasteiger partial charge is 0.326 e. The van der Waals surface area contributed by atoms with Gasteiger partial charge in [0.15, 0.2) is 0 Å². The highest BCUT2D eigenvalue weighted by Crippen LogP contribution is 2.32. The van der Waals surface area contributed by atoms with Crippen molar-refractivity contribution < 1.29 is 13.9 Å². The number of carbonyl (C=O) groups excluding carboxylic acids is 1. The Bertz CT molecular complexity index is 860. The van der Waals surface area contributed by atoms with Crippen LogP contribution in [-0.2, 0) is 4.74 Å². The third kappa shape index (κ3) is 4.06. The Morgan fingerprint density at radius 1 is 1.25 bits per heavy atom. The predicted molar refractivity (Wildman–Crippen MR) is 109 cm³/mol. The lowest BCUT2D eigenvalue weighted by atomic mass is 10.1. The van der Waals surface area contributed by atoms with E-state index in [0.717, 1.165) is 31.0 Å². The summed E-state index contributed by atoms with van der Waals surface area (Å²) < 4.78 is 18.9. The normalized spacial score (nSPS) is 19.6. The SMILES string of the molecule is O=C(Nc1ccc(F)c(Cl)c1)N1c2ccccc2NCC1CN1CCOCC1. The van der Waals surface area contributed by atoms with Crippen molar-refractivity contribution in [1.29, 1.82) is 0 Å². The van der Waals surface area contributed by atoms with E-state index >= 15 is 0 Å². The van der Waals surface area contributed by atoms with Gasteiger partial charge in [0.25, 0.3) is 0 Å². The maximum atomic E-state index is 13.4. The van der Waals surface area contributed by atoms with Gasteiger partial charge in [-0.1, -0.05) is 23.7 Å². The molecule has 1 unspecified atom stereocenters. The van der Waals surface area contributed by atoms with E-state index in [9.17, 15) is 9.18 Å². The molecule has 1 fully saturated rings. The van der Waals surface area contributed by atoms with E-state index in [-0.39, 0.29) is 17.1 Å². The predicted octanol–water partition coefficient (Wildman–Crippen LogP) is 3.64. The number of hydrogen-bond donors (Lipinski definition) is 2. The highest BCUT2D eigenvalue weighted by molar-refractivity contribution is 6.31. The van der Waals surface area contributed by atoms with Gasteiger partial charge in [-0.05, 0) is 30.3 Å². The number of halogens is 2. The number of rotatable bonds is 3. The molecule has 1 saturated heterocycles. The summed E-state index contributed by atoms with van der Waals surface area (Å²) in [6, 6.07) is 11.6. The van der Waals surface area contributed by atoms with Crippen LogP contribution in [0.1, 0.15) is 0 Å². The average Bonchev–Trinajstić information content (AvgIpc) is 2.71. The molecule has 0 radical (unpaired) electrons. The van der Waals surface area contributed by atoms with E-state index in [0.29, 0.717) is 25.4 Å². The van der Waals surface area contributed by atoms with E-state index < -0.39 is 5.82 Å². The Balaban J connectivity index is 1.58. The van der Waals surface area contributed by atoms with Gasteiger partial charge in [0, 0.05) is 31.9 Å². The van der Waals surface area contributed by atoms with Crippen molar-refractivity contribution in [3.05, 3.63) is 53.3 Å². The Morgan fingerprint density at radius 2 is 2.04 bits per heavy atom. The lowest BCUT2D eigenvalue weighted by Crippen LogP contribution is -2.55. The van der Waals surface area contributed by atoms with Crippen molar-refractivity contribution in [1.82, 2.24) is 4.90 Å².